The number of amides is 1. The van der Waals surface area contributed by atoms with Gasteiger partial charge in [-0.3, -0.25) is 19.6 Å². The van der Waals surface area contributed by atoms with Crippen LogP contribution in [-0.2, 0) is 13.0 Å². The topological polar surface area (TPSA) is 83.4 Å². The van der Waals surface area contributed by atoms with E-state index in [0.717, 1.165) is 22.9 Å². The molecular formula is C24H24BrN5O2. The third-order valence-corrected chi connectivity index (χ3v) is 5.87. The van der Waals surface area contributed by atoms with E-state index in [4.69, 9.17) is 0 Å². The van der Waals surface area contributed by atoms with Crippen LogP contribution in [0.1, 0.15) is 46.9 Å². The molecule has 1 N–H and O–H groups in total. The van der Waals surface area contributed by atoms with Crippen molar-refractivity contribution in [2.24, 2.45) is 0 Å². The summed E-state index contributed by atoms with van der Waals surface area (Å²) in [5.74, 6) is 0.311. The first-order valence-corrected chi connectivity index (χ1v) is 11.4. The lowest BCUT2D eigenvalue weighted by Crippen LogP contribution is -2.31. The van der Waals surface area contributed by atoms with Gasteiger partial charge in [0.1, 0.15) is 0 Å². The molecule has 0 unspecified atom stereocenters. The van der Waals surface area contributed by atoms with E-state index in [1.54, 1.807) is 12.1 Å². The van der Waals surface area contributed by atoms with E-state index < -0.39 is 0 Å². The van der Waals surface area contributed by atoms with E-state index >= 15 is 0 Å². The molecule has 0 aliphatic heterocycles. The van der Waals surface area contributed by atoms with E-state index in [-0.39, 0.29) is 29.7 Å². The number of hydrogen-bond acceptors (Lipinski definition) is 4. The quantitative estimate of drug-likeness (QED) is 0.405. The molecule has 0 aliphatic carbocycles. The Kier molecular flexibility index (Phi) is 6.50. The molecule has 1 amide bonds. The molecular weight excluding hydrogens is 470 g/mol. The minimum Gasteiger partial charge on any atom is -0.272 e. The van der Waals surface area contributed by atoms with Crippen molar-refractivity contribution >= 4 is 33.6 Å². The minimum absolute atomic E-state index is 0.171. The van der Waals surface area contributed by atoms with Crippen molar-refractivity contribution in [3.8, 4) is 0 Å². The highest BCUT2D eigenvalue weighted by molar-refractivity contribution is 9.10. The molecule has 164 valence electrons. The normalized spacial score (nSPS) is 11.1. The molecule has 32 heavy (non-hydrogen) atoms. The Morgan fingerprint density at radius 3 is 2.50 bits per heavy atom. The van der Waals surface area contributed by atoms with Crippen LogP contribution in [0.3, 0.4) is 0 Å². The Morgan fingerprint density at radius 2 is 1.81 bits per heavy atom. The molecule has 8 heteroatoms. The number of halogens is 1. The van der Waals surface area contributed by atoms with Crippen LogP contribution in [0.5, 0.6) is 0 Å². The molecule has 0 saturated carbocycles. The lowest BCUT2D eigenvalue weighted by molar-refractivity contribution is 0.0983. The number of unbranched alkanes of at least 4 members (excludes halogenated alkanes) is 1. The number of aryl methyl sites for hydroxylation is 1. The molecule has 0 atom stereocenters. The van der Waals surface area contributed by atoms with Crippen molar-refractivity contribution in [2.75, 3.05) is 4.90 Å². The molecule has 7 nitrogen and oxygen atoms in total. The number of rotatable bonds is 7. The van der Waals surface area contributed by atoms with Crippen molar-refractivity contribution in [1.82, 2.24) is 19.6 Å². The Balaban J connectivity index is 1.79. The number of fused-ring (bicyclic) bond motifs is 1. The maximum atomic E-state index is 13.4. The fraction of sp³-hybridized carbons (Fsp3) is 0.250. The third-order valence-electron chi connectivity index (χ3n) is 5.34. The second-order valence-corrected chi connectivity index (χ2v) is 8.57. The zero-order valence-electron chi connectivity index (χ0n) is 18.0. The van der Waals surface area contributed by atoms with Crippen LogP contribution in [0.15, 0.2) is 63.9 Å². The fourth-order valence-electron chi connectivity index (χ4n) is 3.56. The van der Waals surface area contributed by atoms with Gasteiger partial charge in [0, 0.05) is 15.6 Å². The van der Waals surface area contributed by atoms with Crippen molar-refractivity contribution in [1.29, 1.82) is 0 Å². The maximum Gasteiger partial charge on any atom is 0.277 e. The summed E-state index contributed by atoms with van der Waals surface area (Å²) in [6.45, 7) is 4.20. The number of carbonyl (C=O) groups excluding carboxylic acids is 1. The number of nitrogens with one attached hydrogen (secondary N) is 1. The average Bonchev–Trinajstić information content (AvgIpc) is 3.22. The summed E-state index contributed by atoms with van der Waals surface area (Å²) in [4.78, 5) is 37.0. The highest BCUT2D eigenvalue weighted by Gasteiger charge is 2.23. The van der Waals surface area contributed by atoms with Gasteiger partial charge in [-0.2, -0.15) is 9.50 Å². The van der Waals surface area contributed by atoms with Crippen LogP contribution in [0.25, 0.3) is 5.78 Å². The summed E-state index contributed by atoms with van der Waals surface area (Å²) < 4.78 is 2.29. The van der Waals surface area contributed by atoms with Gasteiger partial charge in [-0.25, -0.2) is 4.98 Å². The lowest BCUT2D eigenvalue weighted by atomic mass is 10.1. The molecule has 2 aromatic carbocycles. The van der Waals surface area contributed by atoms with E-state index in [2.05, 4.69) is 37.9 Å². The van der Waals surface area contributed by atoms with Crippen LogP contribution in [0.2, 0.25) is 0 Å². The molecule has 2 aromatic heterocycles. The largest absolute Gasteiger partial charge is 0.277 e. The number of nitrogens with zero attached hydrogens (tertiary/aromatic N) is 4. The summed E-state index contributed by atoms with van der Waals surface area (Å²) in [6.07, 6.45) is 2.56. The van der Waals surface area contributed by atoms with E-state index in [1.165, 1.54) is 9.42 Å². The highest BCUT2D eigenvalue weighted by Crippen LogP contribution is 2.19. The summed E-state index contributed by atoms with van der Waals surface area (Å²) in [5.41, 5.74) is 2.64. The Labute approximate surface area is 194 Å². The smallest absolute Gasteiger partial charge is 0.272 e. The van der Waals surface area contributed by atoms with Crippen LogP contribution in [-0.4, -0.2) is 25.5 Å². The van der Waals surface area contributed by atoms with Gasteiger partial charge in [0.15, 0.2) is 0 Å². The summed E-state index contributed by atoms with van der Waals surface area (Å²) in [5, 5.41) is 3.02. The van der Waals surface area contributed by atoms with Gasteiger partial charge >= 0.3 is 0 Å². The molecule has 4 aromatic rings. The predicted molar refractivity (Wildman–Crippen MR) is 128 cm³/mol. The summed E-state index contributed by atoms with van der Waals surface area (Å²) in [6, 6.07) is 16.8. The number of hydrogen-bond donors (Lipinski definition) is 1. The first-order chi connectivity index (χ1) is 15.5. The maximum absolute atomic E-state index is 13.4. The first-order valence-electron chi connectivity index (χ1n) is 10.6. The average molecular weight is 494 g/mol. The zero-order valence-corrected chi connectivity index (χ0v) is 19.6. The van der Waals surface area contributed by atoms with Crippen LogP contribution in [0, 0.1) is 6.92 Å². The molecule has 0 saturated heterocycles. The Bertz CT molecular complexity index is 1300. The van der Waals surface area contributed by atoms with Gasteiger partial charge in [0.05, 0.1) is 12.2 Å². The molecule has 0 bridgehead atoms. The minimum atomic E-state index is -0.219. The number of benzene rings is 2. The third kappa shape index (κ3) is 4.50. The molecule has 0 radical (unpaired) electrons. The number of H-pyrrole nitrogens is 1. The number of carbonyl (C=O) groups is 1. The van der Waals surface area contributed by atoms with Gasteiger partial charge < -0.3 is 0 Å². The second-order valence-electron chi connectivity index (χ2n) is 7.65. The first kappa shape index (κ1) is 22.0. The lowest BCUT2D eigenvalue weighted by Gasteiger charge is -2.20. The number of anilines is 1. The van der Waals surface area contributed by atoms with Crippen molar-refractivity contribution in [2.45, 2.75) is 39.7 Å². The molecule has 0 spiro atoms. The van der Waals surface area contributed by atoms with Crippen LogP contribution >= 0.6 is 15.9 Å². The molecule has 4 rings (SSSR count). The SMILES string of the molecule is CCCCc1c(C)nc2nc(N(Cc3ccc(Br)cc3)C(=O)c3ccccc3)[nH]n2c1=O. The number of aromatic amines is 1. The van der Waals surface area contributed by atoms with E-state index in [0.29, 0.717) is 23.2 Å². The Hall–Kier alpha value is -3.26. The van der Waals surface area contributed by atoms with Gasteiger partial charge in [0.2, 0.25) is 5.95 Å². The summed E-state index contributed by atoms with van der Waals surface area (Å²) >= 11 is 3.44. The van der Waals surface area contributed by atoms with Gasteiger partial charge in [-0.1, -0.05) is 59.6 Å². The van der Waals surface area contributed by atoms with E-state index in [1.807, 2.05) is 49.4 Å². The zero-order chi connectivity index (χ0) is 22.7. The number of aromatic nitrogens is 4. The standard InChI is InChI=1S/C24H24BrN5O2/c1-3-4-10-20-16(2)26-23-27-24(28-30(23)22(20)32)29(15-17-11-13-19(25)14-12-17)21(31)18-8-6-5-7-9-18/h5-9,11-14H,3-4,10,15H2,1-2H3,(H,26,27,28). The van der Waals surface area contributed by atoms with Crippen molar-refractivity contribution in [3.05, 3.63) is 91.8 Å². The molecule has 2 heterocycles. The monoisotopic (exact) mass is 493 g/mol. The summed E-state index contributed by atoms with van der Waals surface area (Å²) in [7, 11) is 0. The van der Waals surface area contributed by atoms with E-state index in [9.17, 15) is 9.59 Å². The molecule has 0 fully saturated rings. The second kappa shape index (κ2) is 9.48. The van der Waals surface area contributed by atoms with Crippen molar-refractivity contribution < 1.29 is 4.79 Å². The van der Waals surface area contributed by atoms with Gasteiger partial charge in [0.25, 0.3) is 17.2 Å². The highest BCUT2D eigenvalue weighted by atomic mass is 79.9. The van der Waals surface area contributed by atoms with Gasteiger partial charge in [-0.15, -0.1) is 0 Å². The van der Waals surface area contributed by atoms with Crippen LogP contribution < -0.4 is 10.5 Å². The predicted octanol–water partition coefficient (Wildman–Crippen LogP) is 4.68. The fourth-order valence-corrected chi connectivity index (χ4v) is 3.82. The van der Waals surface area contributed by atoms with Crippen LogP contribution in [0.4, 0.5) is 5.95 Å². The van der Waals surface area contributed by atoms with Gasteiger partial charge in [-0.05, 0) is 49.6 Å². The Morgan fingerprint density at radius 1 is 1.09 bits per heavy atom. The van der Waals surface area contributed by atoms with Crippen molar-refractivity contribution in [3.63, 3.8) is 0 Å². The molecule has 0 aliphatic rings.